The Morgan fingerprint density at radius 2 is 1.64 bits per heavy atom. The molecule has 0 aliphatic heterocycles. The van der Waals surface area contributed by atoms with E-state index in [1.807, 2.05) is 7.05 Å². The fourth-order valence-corrected chi connectivity index (χ4v) is 3.26. The lowest BCUT2D eigenvalue weighted by molar-refractivity contribution is 0.0938. The fourth-order valence-electron chi connectivity index (χ4n) is 3.26. The van der Waals surface area contributed by atoms with E-state index in [4.69, 9.17) is 0 Å². The van der Waals surface area contributed by atoms with Gasteiger partial charge in [0, 0.05) is 17.7 Å². The number of hydrogen-bond acceptors (Lipinski definition) is 3. The predicted octanol–water partition coefficient (Wildman–Crippen LogP) is 2.64. The molecule has 1 aromatic rings. The molecule has 2 unspecified atom stereocenters. The van der Waals surface area contributed by atoms with Gasteiger partial charge in [-0.15, -0.1) is 0 Å². The van der Waals surface area contributed by atoms with Crippen molar-refractivity contribution in [2.45, 2.75) is 32.6 Å². The Balaban J connectivity index is 1.83. The van der Waals surface area contributed by atoms with E-state index >= 15 is 0 Å². The Bertz CT molecular complexity index is 508. The summed E-state index contributed by atoms with van der Waals surface area (Å²) in [4.78, 5) is 23.4. The third-order valence-electron chi connectivity index (χ3n) is 4.49. The first-order valence-corrected chi connectivity index (χ1v) is 8.14. The van der Waals surface area contributed by atoms with Crippen LogP contribution in [0, 0.1) is 11.8 Å². The number of Topliss-reactive ketones (excluding diaryl/α,β-unsaturated/α-hetero) is 1. The van der Waals surface area contributed by atoms with Crippen LogP contribution in [0.15, 0.2) is 24.3 Å². The minimum Gasteiger partial charge on any atom is -0.352 e. The summed E-state index contributed by atoms with van der Waals surface area (Å²) in [7, 11) is 2.00. The summed E-state index contributed by atoms with van der Waals surface area (Å²) in [6.07, 6.45) is 4.92. The van der Waals surface area contributed by atoms with Crippen molar-refractivity contribution in [2.75, 3.05) is 20.1 Å². The standard InChI is InChI=1S/C18H26N2O2/c1-13(21)16-6-8-17(9-7-16)18(22)20-12-15-5-3-4-14(10-15)11-19-2/h6-9,14-15,19H,3-5,10-12H2,1-2H3,(H,20,22). The third kappa shape index (κ3) is 4.67. The largest absolute Gasteiger partial charge is 0.352 e. The Hall–Kier alpha value is -1.68. The molecular formula is C18H26N2O2. The first-order valence-electron chi connectivity index (χ1n) is 8.14. The minimum atomic E-state index is -0.0501. The summed E-state index contributed by atoms with van der Waals surface area (Å²) in [5, 5.41) is 6.28. The molecule has 1 fully saturated rings. The molecule has 4 heteroatoms. The SMILES string of the molecule is CNCC1CCCC(CNC(=O)c2ccc(C(C)=O)cc2)C1. The topological polar surface area (TPSA) is 58.2 Å². The lowest BCUT2D eigenvalue weighted by Crippen LogP contribution is -2.33. The van der Waals surface area contributed by atoms with Crippen LogP contribution in [0.4, 0.5) is 0 Å². The van der Waals surface area contributed by atoms with E-state index in [1.165, 1.54) is 32.6 Å². The third-order valence-corrected chi connectivity index (χ3v) is 4.49. The Morgan fingerprint density at radius 3 is 2.23 bits per heavy atom. The molecule has 120 valence electrons. The van der Waals surface area contributed by atoms with Crippen LogP contribution in [0.25, 0.3) is 0 Å². The average Bonchev–Trinajstić information content (AvgIpc) is 2.53. The Kier molecular flexibility index (Phi) is 6.13. The van der Waals surface area contributed by atoms with Gasteiger partial charge in [0.05, 0.1) is 0 Å². The molecule has 0 radical (unpaired) electrons. The highest BCUT2D eigenvalue weighted by Gasteiger charge is 2.22. The molecule has 0 heterocycles. The molecule has 0 spiro atoms. The highest BCUT2D eigenvalue weighted by atomic mass is 16.1. The van der Waals surface area contributed by atoms with Gasteiger partial charge in [-0.2, -0.15) is 0 Å². The molecule has 1 aliphatic rings. The van der Waals surface area contributed by atoms with Crippen LogP contribution in [0.1, 0.15) is 53.3 Å². The van der Waals surface area contributed by atoms with Gasteiger partial charge in [0.2, 0.25) is 0 Å². The van der Waals surface area contributed by atoms with Crippen molar-refractivity contribution < 1.29 is 9.59 Å². The van der Waals surface area contributed by atoms with Gasteiger partial charge in [-0.1, -0.05) is 18.6 Å². The van der Waals surface area contributed by atoms with Crippen molar-refractivity contribution in [1.29, 1.82) is 0 Å². The number of amides is 1. The number of nitrogens with one attached hydrogen (secondary N) is 2. The lowest BCUT2D eigenvalue weighted by atomic mass is 9.81. The number of carbonyl (C=O) groups is 2. The quantitative estimate of drug-likeness (QED) is 0.794. The maximum atomic E-state index is 12.2. The van der Waals surface area contributed by atoms with E-state index in [0.29, 0.717) is 17.0 Å². The van der Waals surface area contributed by atoms with E-state index in [-0.39, 0.29) is 11.7 Å². The zero-order valence-corrected chi connectivity index (χ0v) is 13.5. The second-order valence-corrected chi connectivity index (χ2v) is 6.30. The molecular weight excluding hydrogens is 276 g/mol. The molecule has 1 amide bonds. The van der Waals surface area contributed by atoms with E-state index in [9.17, 15) is 9.59 Å². The summed E-state index contributed by atoms with van der Waals surface area (Å²) in [5.41, 5.74) is 1.26. The van der Waals surface area contributed by atoms with Crippen molar-refractivity contribution in [3.63, 3.8) is 0 Å². The predicted molar refractivity (Wildman–Crippen MR) is 88.2 cm³/mol. The average molecular weight is 302 g/mol. The molecule has 0 saturated heterocycles. The molecule has 22 heavy (non-hydrogen) atoms. The maximum absolute atomic E-state index is 12.2. The molecule has 2 atom stereocenters. The monoisotopic (exact) mass is 302 g/mol. The normalized spacial score (nSPS) is 21.4. The number of rotatable bonds is 6. The highest BCUT2D eigenvalue weighted by molar-refractivity contribution is 5.97. The fraction of sp³-hybridized carbons (Fsp3) is 0.556. The van der Waals surface area contributed by atoms with Crippen LogP contribution in [-0.2, 0) is 0 Å². The molecule has 1 aliphatic carbocycles. The van der Waals surface area contributed by atoms with Gasteiger partial charge in [-0.25, -0.2) is 0 Å². The lowest BCUT2D eigenvalue weighted by Gasteiger charge is -2.29. The van der Waals surface area contributed by atoms with Gasteiger partial charge in [-0.05, 0) is 63.7 Å². The summed E-state index contributed by atoms with van der Waals surface area (Å²) in [6.45, 7) is 3.34. The number of benzene rings is 1. The van der Waals surface area contributed by atoms with Gasteiger partial charge >= 0.3 is 0 Å². The van der Waals surface area contributed by atoms with Crippen LogP contribution in [-0.4, -0.2) is 31.8 Å². The highest BCUT2D eigenvalue weighted by Crippen LogP contribution is 2.28. The molecule has 0 bridgehead atoms. The maximum Gasteiger partial charge on any atom is 0.251 e. The molecule has 2 rings (SSSR count). The van der Waals surface area contributed by atoms with Crippen molar-refractivity contribution in [3.8, 4) is 0 Å². The van der Waals surface area contributed by atoms with Crippen LogP contribution in [0.3, 0.4) is 0 Å². The Morgan fingerprint density at radius 1 is 1.05 bits per heavy atom. The van der Waals surface area contributed by atoms with E-state index in [2.05, 4.69) is 10.6 Å². The zero-order valence-electron chi connectivity index (χ0n) is 13.5. The summed E-state index contributed by atoms with van der Waals surface area (Å²) < 4.78 is 0. The second kappa shape index (κ2) is 8.08. The molecule has 4 nitrogen and oxygen atoms in total. The van der Waals surface area contributed by atoms with Gasteiger partial charge in [0.1, 0.15) is 0 Å². The number of hydrogen-bond donors (Lipinski definition) is 2. The molecule has 0 aromatic heterocycles. The van der Waals surface area contributed by atoms with E-state index in [1.54, 1.807) is 24.3 Å². The number of ketones is 1. The summed E-state index contributed by atoms with van der Waals surface area (Å²) >= 11 is 0. The first kappa shape index (κ1) is 16.7. The van der Waals surface area contributed by atoms with Crippen LogP contribution in [0.2, 0.25) is 0 Å². The van der Waals surface area contributed by atoms with E-state index < -0.39 is 0 Å². The van der Waals surface area contributed by atoms with Gasteiger partial charge in [-0.3, -0.25) is 9.59 Å². The minimum absolute atomic E-state index is 0.0183. The number of carbonyl (C=O) groups excluding carboxylic acids is 2. The van der Waals surface area contributed by atoms with Crippen LogP contribution < -0.4 is 10.6 Å². The first-order chi connectivity index (χ1) is 10.6. The van der Waals surface area contributed by atoms with Crippen molar-refractivity contribution in [1.82, 2.24) is 10.6 Å². The van der Waals surface area contributed by atoms with Crippen LogP contribution >= 0.6 is 0 Å². The summed E-state index contributed by atoms with van der Waals surface area (Å²) in [5.74, 6) is 1.28. The zero-order chi connectivity index (χ0) is 15.9. The Labute approximate surface area is 132 Å². The van der Waals surface area contributed by atoms with Gasteiger partial charge in [0.25, 0.3) is 5.91 Å². The van der Waals surface area contributed by atoms with E-state index in [0.717, 1.165) is 19.0 Å². The van der Waals surface area contributed by atoms with Gasteiger partial charge in [0.15, 0.2) is 5.78 Å². The summed E-state index contributed by atoms with van der Waals surface area (Å²) in [6, 6.07) is 6.86. The molecule has 2 N–H and O–H groups in total. The molecule has 1 saturated carbocycles. The molecule has 1 aromatic carbocycles. The van der Waals surface area contributed by atoms with Crippen LogP contribution in [0.5, 0.6) is 0 Å². The second-order valence-electron chi connectivity index (χ2n) is 6.30. The van der Waals surface area contributed by atoms with Gasteiger partial charge < -0.3 is 10.6 Å². The van der Waals surface area contributed by atoms with Crippen molar-refractivity contribution in [3.05, 3.63) is 35.4 Å². The van der Waals surface area contributed by atoms with Crippen molar-refractivity contribution in [2.24, 2.45) is 11.8 Å². The van der Waals surface area contributed by atoms with Crippen molar-refractivity contribution >= 4 is 11.7 Å². The smallest absolute Gasteiger partial charge is 0.251 e.